The van der Waals surface area contributed by atoms with E-state index in [0.717, 1.165) is 49.8 Å². The Balaban J connectivity index is 1.59. The second-order valence-corrected chi connectivity index (χ2v) is 9.33. The van der Waals surface area contributed by atoms with Crippen LogP contribution in [0.1, 0.15) is 28.8 Å². The van der Waals surface area contributed by atoms with E-state index in [-0.39, 0.29) is 12.1 Å². The molecule has 0 amide bonds. The third-order valence-corrected chi connectivity index (χ3v) is 6.75. The Morgan fingerprint density at radius 2 is 1.67 bits per heavy atom. The summed E-state index contributed by atoms with van der Waals surface area (Å²) in [6.07, 6.45) is 1.33. The quantitative estimate of drug-likeness (QED) is 0.393. The fourth-order valence-corrected chi connectivity index (χ4v) is 4.87. The van der Waals surface area contributed by atoms with Crippen LogP contribution >= 0.6 is 15.9 Å². The van der Waals surface area contributed by atoms with Crippen molar-refractivity contribution in [3.05, 3.63) is 106 Å². The minimum absolute atomic E-state index is 0.156. The lowest BCUT2D eigenvalue weighted by Gasteiger charge is -2.39. The Morgan fingerprint density at radius 1 is 0.939 bits per heavy atom. The van der Waals surface area contributed by atoms with Gasteiger partial charge >= 0.3 is 0 Å². The first-order valence-corrected chi connectivity index (χ1v) is 11.6. The summed E-state index contributed by atoms with van der Waals surface area (Å²) < 4.78 is 9.64. The molecule has 3 heterocycles. The van der Waals surface area contributed by atoms with E-state index in [1.807, 2.05) is 37.0 Å². The van der Waals surface area contributed by atoms with Gasteiger partial charge in [0, 0.05) is 35.4 Å². The maximum atomic E-state index is 6.65. The fourth-order valence-electron chi connectivity index (χ4n) is 4.61. The van der Waals surface area contributed by atoms with Crippen molar-refractivity contribution in [3.63, 3.8) is 0 Å². The lowest BCUT2D eigenvalue weighted by atomic mass is 9.84. The van der Waals surface area contributed by atoms with Gasteiger partial charge in [-0.15, -0.1) is 0 Å². The molecular weight excluding hydrogens is 478 g/mol. The summed E-state index contributed by atoms with van der Waals surface area (Å²) in [6, 6.07) is 24.9. The van der Waals surface area contributed by atoms with Gasteiger partial charge in [-0.25, -0.2) is 4.68 Å². The van der Waals surface area contributed by atoms with E-state index in [0.29, 0.717) is 0 Å². The Morgan fingerprint density at radius 3 is 2.42 bits per heavy atom. The highest BCUT2D eigenvalue weighted by Crippen LogP contribution is 2.50. The maximum absolute atomic E-state index is 6.65. The second kappa shape index (κ2) is 7.78. The molecular formula is C26H22BrN5O. The molecule has 0 aliphatic carbocycles. The monoisotopic (exact) mass is 499 g/mol. The summed E-state index contributed by atoms with van der Waals surface area (Å²) in [5.74, 6) is 1.58. The first kappa shape index (κ1) is 20.1. The molecule has 1 N–H and O–H groups in total. The number of fused-ring (bicyclic) bond motifs is 3. The van der Waals surface area contributed by atoms with Crippen LogP contribution in [0.4, 0.5) is 11.6 Å². The van der Waals surface area contributed by atoms with Crippen LogP contribution < -0.4 is 15.0 Å². The second-order valence-electron chi connectivity index (χ2n) is 8.42. The molecule has 6 nitrogen and oxygen atoms in total. The van der Waals surface area contributed by atoms with Crippen molar-refractivity contribution in [1.82, 2.24) is 14.8 Å². The molecule has 7 heteroatoms. The van der Waals surface area contributed by atoms with Gasteiger partial charge in [0.25, 0.3) is 0 Å². The molecule has 0 saturated carbocycles. The Hall–Kier alpha value is -3.58. The minimum Gasteiger partial charge on any atom is -0.480 e. The topological polar surface area (TPSA) is 55.2 Å². The predicted molar refractivity (Wildman–Crippen MR) is 133 cm³/mol. The van der Waals surface area contributed by atoms with E-state index in [9.17, 15) is 0 Å². The number of hydrogen-bond donors (Lipinski definition) is 1. The van der Waals surface area contributed by atoms with Gasteiger partial charge in [0.05, 0.1) is 5.70 Å². The number of hydrogen-bond acceptors (Lipinski definition) is 5. The summed E-state index contributed by atoms with van der Waals surface area (Å²) in [5.41, 5.74) is 6.55. The van der Waals surface area contributed by atoms with Crippen LogP contribution in [-0.4, -0.2) is 28.9 Å². The van der Waals surface area contributed by atoms with Gasteiger partial charge in [0.15, 0.2) is 0 Å². The standard InChI is InChI=1S/C26H22BrN5O/c1-31(2)19-13-9-16(10-14-19)24-22-23(30-26-28-15-29-32(24)26)20-5-3-4-6-21(20)33-25(22)17-7-11-18(27)12-8-17/h3-15,24-25H,1-2H3,(H,28,29,30)/t24-,25+/m0/s1. The molecule has 0 saturated heterocycles. The van der Waals surface area contributed by atoms with Crippen molar-refractivity contribution < 1.29 is 4.74 Å². The number of aromatic nitrogens is 3. The van der Waals surface area contributed by atoms with Gasteiger partial charge in [-0.3, -0.25) is 0 Å². The first-order chi connectivity index (χ1) is 16.1. The summed E-state index contributed by atoms with van der Waals surface area (Å²) in [6.45, 7) is 0. The fraction of sp³-hybridized carbons (Fsp3) is 0.154. The predicted octanol–water partition coefficient (Wildman–Crippen LogP) is 5.67. The molecule has 0 spiro atoms. The van der Waals surface area contributed by atoms with E-state index >= 15 is 0 Å². The Bertz CT molecular complexity index is 1360. The van der Waals surface area contributed by atoms with Crippen LogP contribution in [0.15, 0.2) is 89.2 Å². The highest BCUT2D eigenvalue weighted by molar-refractivity contribution is 9.10. The minimum atomic E-state index is -0.272. The lowest BCUT2D eigenvalue weighted by molar-refractivity contribution is 0.223. The molecule has 164 valence electrons. The molecule has 0 bridgehead atoms. The number of anilines is 2. The number of ether oxygens (including phenoxy) is 1. The molecule has 3 aromatic carbocycles. The largest absolute Gasteiger partial charge is 0.480 e. The highest BCUT2D eigenvalue weighted by atomic mass is 79.9. The van der Waals surface area contributed by atoms with Crippen molar-refractivity contribution in [3.8, 4) is 5.75 Å². The Labute approximate surface area is 200 Å². The average Bonchev–Trinajstić information content (AvgIpc) is 3.31. The average molecular weight is 500 g/mol. The molecule has 6 rings (SSSR count). The van der Waals surface area contributed by atoms with Crippen molar-refractivity contribution >= 4 is 33.3 Å². The lowest BCUT2D eigenvalue weighted by Crippen LogP contribution is -2.32. The summed E-state index contributed by atoms with van der Waals surface area (Å²) in [5, 5.41) is 8.14. The van der Waals surface area contributed by atoms with E-state index in [1.54, 1.807) is 6.33 Å². The number of halogens is 1. The van der Waals surface area contributed by atoms with Crippen molar-refractivity contribution in [2.24, 2.45) is 0 Å². The number of nitrogens with zero attached hydrogens (tertiary/aromatic N) is 4. The smallest absolute Gasteiger partial charge is 0.226 e. The normalized spacial score (nSPS) is 18.5. The summed E-state index contributed by atoms with van der Waals surface area (Å²) in [4.78, 5) is 6.60. The maximum Gasteiger partial charge on any atom is 0.226 e. The van der Waals surface area contributed by atoms with Crippen molar-refractivity contribution in [2.45, 2.75) is 12.1 Å². The zero-order valence-electron chi connectivity index (χ0n) is 18.2. The Kier molecular flexibility index (Phi) is 4.73. The summed E-state index contributed by atoms with van der Waals surface area (Å²) >= 11 is 3.56. The number of benzene rings is 3. The molecule has 0 radical (unpaired) electrons. The molecule has 33 heavy (non-hydrogen) atoms. The van der Waals surface area contributed by atoms with Gasteiger partial charge in [0.2, 0.25) is 5.95 Å². The zero-order chi connectivity index (χ0) is 22.5. The molecule has 2 aliphatic heterocycles. The van der Waals surface area contributed by atoms with Crippen LogP contribution in [0.3, 0.4) is 0 Å². The molecule has 2 aliphatic rings. The van der Waals surface area contributed by atoms with Crippen molar-refractivity contribution in [1.29, 1.82) is 0 Å². The van der Waals surface area contributed by atoms with Crippen LogP contribution in [-0.2, 0) is 0 Å². The summed E-state index contributed by atoms with van der Waals surface area (Å²) in [7, 11) is 4.09. The van der Waals surface area contributed by atoms with Crippen LogP contribution in [0.25, 0.3) is 5.70 Å². The third-order valence-electron chi connectivity index (χ3n) is 6.22. The van der Waals surface area contributed by atoms with Gasteiger partial charge in [-0.1, -0.05) is 52.3 Å². The highest BCUT2D eigenvalue weighted by Gasteiger charge is 2.40. The number of rotatable bonds is 3. The van der Waals surface area contributed by atoms with Gasteiger partial charge in [-0.2, -0.15) is 10.1 Å². The molecule has 1 aromatic heterocycles. The van der Waals surface area contributed by atoms with Crippen LogP contribution in [0.2, 0.25) is 0 Å². The third kappa shape index (κ3) is 3.31. The zero-order valence-corrected chi connectivity index (χ0v) is 19.8. The van der Waals surface area contributed by atoms with E-state index in [4.69, 9.17) is 4.74 Å². The molecule has 4 aromatic rings. The number of para-hydroxylation sites is 1. The van der Waals surface area contributed by atoms with E-state index < -0.39 is 0 Å². The van der Waals surface area contributed by atoms with Gasteiger partial charge < -0.3 is 15.0 Å². The van der Waals surface area contributed by atoms with Gasteiger partial charge in [-0.05, 0) is 47.5 Å². The van der Waals surface area contributed by atoms with E-state index in [2.05, 4.69) is 90.8 Å². The molecule has 0 fully saturated rings. The van der Waals surface area contributed by atoms with Gasteiger partial charge in [0.1, 0.15) is 24.2 Å². The number of nitrogens with one attached hydrogen (secondary N) is 1. The molecule has 0 unspecified atom stereocenters. The molecule has 2 atom stereocenters. The van der Waals surface area contributed by atoms with Crippen LogP contribution in [0, 0.1) is 0 Å². The van der Waals surface area contributed by atoms with Crippen LogP contribution in [0.5, 0.6) is 5.75 Å². The van der Waals surface area contributed by atoms with Crippen molar-refractivity contribution in [2.75, 3.05) is 24.3 Å². The first-order valence-electron chi connectivity index (χ1n) is 10.8. The van der Waals surface area contributed by atoms with E-state index in [1.165, 1.54) is 0 Å². The SMILES string of the molecule is CN(C)c1ccc([C@H]2C3=C(Nc4ncnn42)c2ccccc2O[C@@H]3c2ccc(Br)cc2)cc1.